The zero-order valence-electron chi connectivity index (χ0n) is 10.5. The van der Waals surface area contributed by atoms with E-state index in [4.69, 9.17) is 17.3 Å². The molecule has 0 bridgehead atoms. The molecule has 1 heterocycles. The van der Waals surface area contributed by atoms with Crippen molar-refractivity contribution in [3.63, 3.8) is 0 Å². The number of piperazine rings is 1. The van der Waals surface area contributed by atoms with Crippen LogP contribution in [-0.4, -0.2) is 48.4 Å². The Bertz CT molecular complexity index is 442. The fraction of sp³-hybridized carbons (Fsp3) is 0.462. The van der Waals surface area contributed by atoms with Crippen LogP contribution in [0, 0.1) is 0 Å². The molecule has 1 fully saturated rings. The SMILES string of the molecule is CCN1CCN(C(=O)c2cc(Cl)ccc2N)CC1. The Hall–Kier alpha value is -1.26. The Morgan fingerprint density at radius 2 is 2.00 bits per heavy atom. The first kappa shape index (κ1) is 13.2. The van der Waals surface area contributed by atoms with Crippen molar-refractivity contribution in [1.82, 2.24) is 9.80 Å². The summed E-state index contributed by atoms with van der Waals surface area (Å²) in [6, 6.07) is 5.02. The maximum Gasteiger partial charge on any atom is 0.256 e. The quantitative estimate of drug-likeness (QED) is 0.830. The van der Waals surface area contributed by atoms with Gasteiger partial charge in [0.15, 0.2) is 0 Å². The van der Waals surface area contributed by atoms with Gasteiger partial charge in [0.05, 0.1) is 5.56 Å². The van der Waals surface area contributed by atoms with Crippen LogP contribution in [-0.2, 0) is 0 Å². The molecule has 1 aliphatic rings. The van der Waals surface area contributed by atoms with E-state index in [1.165, 1.54) is 0 Å². The van der Waals surface area contributed by atoms with Crippen LogP contribution in [0.4, 0.5) is 5.69 Å². The van der Waals surface area contributed by atoms with Crippen molar-refractivity contribution in [2.45, 2.75) is 6.92 Å². The van der Waals surface area contributed by atoms with Crippen LogP contribution in [0.3, 0.4) is 0 Å². The van der Waals surface area contributed by atoms with Gasteiger partial charge in [0.1, 0.15) is 0 Å². The molecule has 0 unspecified atom stereocenters. The highest BCUT2D eigenvalue weighted by Gasteiger charge is 2.22. The second kappa shape index (κ2) is 5.59. The van der Waals surface area contributed by atoms with Gasteiger partial charge < -0.3 is 15.5 Å². The highest BCUT2D eigenvalue weighted by Crippen LogP contribution is 2.20. The van der Waals surface area contributed by atoms with E-state index in [1.807, 2.05) is 4.90 Å². The van der Waals surface area contributed by atoms with Gasteiger partial charge in [-0.2, -0.15) is 0 Å². The third kappa shape index (κ3) is 2.76. The molecule has 4 nitrogen and oxygen atoms in total. The first-order valence-corrected chi connectivity index (χ1v) is 6.56. The summed E-state index contributed by atoms with van der Waals surface area (Å²) >= 11 is 5.91. The smallest absolute Gasteiger partial charge is 0.256 e. The van der Waals surface area contributed by atoms with Gasteiger partial charge in [-0.1, -0.05) is 18.5 Å². The molecule has 5 heteroatoms. The number of hydrogen-bond acceptors (Lipinski definition) is 3. The largest absolute Gasteiger partial charge is 0.398 e. The van der Waals surface area contributed by atoms with E-state index in [9.17, 15) is 4.79 Å². The average molecular weight is 268 g/mol. The van der Waals surface area contributed by atoms with Gasteiger partial charge in [-0.05, 0) is 24.7 Å². The number of halogens is 1. The summed E-state index contributed by atoms with van der Waals surface area (Å²) in [5.74, 6) is -0.0225. The molecular formula is C13H18ClN3O. The van der Waals surface area contributed by atoms with Crippen molar-refractivity contribution in [3.8, 4) is 0 Å². The third-order valence-corrected chi connectivity index (χ3v) is 3.59. The van der Waals surface area contributed by atoms with Crippen molar-refractivity contribution in [3.05, 3.63) is 28.8 Å². The van der Waals surface area contributed by atoms with Crippen LogP contribution in [0.5, 0.6) is 0 Å². The minimum absolute atomic E-state index is 0.0225. The predicted molar refractivity (Wildman–Crippen MR) is 73.9 cm³/mol. The van der Waals surface area contributed by atoms with E-state index < -0.39 is 0 Å². The fourth-order valence-electron chi connectivity index (χ4n) is 2.15. The number of carbonyl (C=O) groups excluding carboxylic acids is 1. The molecule has 98 valence electrons. The molecule has 1 amide bonds. The third-order valence-electron chi connectivity index (χ3n) is 3.35. The molecule has 0 aromatic heterocycles. The van der Waals surface area contributed by atoms with E-state index >= 15 is 0 Å². The molecule has 0 atom stereocenters. The molecule has 0 saturated carbocycles. The van der Waals surface area contributed by atoms with E-state index in [0.717, 1.165) is 32.7 Å². The van der Waals surface area contributed by atoms with Gasteiger partial charge in [-0.15, -0.1) is 0 Å². The standard InChI is InChI=1S/C13H18ClN3O/c1-2-16-5-7-17(8-6-16)13(18)11-9-10(14)3-4-12(11)15/h3-4,9H,2,5-8,15H2,1H3. The van der Waals surface area contributed by atoms with Crippen molar-refractivity contribution in [2.24, 2.45) is 0 Å². The lowest BCUT2D eigenvalue weighted by molar-refractivity contribution is 0.0644. The molecule has 0 radical (unpaired) electrons. The van der Waals surface area contributed by atoms with Gasteiger partial charge in [-0.25, -0.2) is 0 Å². The lowest BCUT2D eigenvalue weighted by atomic mass is 10.1. The second-order valence-corrected chi connectivity index (χ2v) is 4.89. The first-order valence-electron chi connectivity index (χ1n) is 6.18. The zero-order chi connectivity index (χ0) is 13.1. The predicted octanol–water partition coefficient (Wildman–Crippen LogP) is 1.70. The molecule has 1 aromatic rings. The Morgan fingerprint density at radius 3 is 2.61 bits per heavy atom. The van der Waals surface area contributed by atoms with Crippen molar-refractivity contribution >= 4 is 23.2 Å². The highest BCUT2D eigenvalue weighted by molar-refractivity contribution is 6.31. The number of nitrogens with zero attached hydrogens (tertiary/aromatic N) is 2. The number of nitrogens with two attached hydrogens (primary N) is 1. The van der Waals surface area contributed by atoms with Gasteiger partial charge in [0.25, 0.3) is 5.91 Å². The molecule has 1 aromatic carbocycles. The minimum Gasteiger partial charge on any atom is -0.398 e. The molecule has 0 spiro atoms. The van der Waals surface area contributed by atoms with Crippen LogP contribution in [0.2, 0.25) is 5.02 Å². The van der Waals surface area contributed by atoms with E-state index in [0.29, 0.717) is 16.3 Å². The maximum atomic E-state index is 12.3. The van der Waals surface area contributed by atoms with Crippen molar-refractivity contribution < 1.29 is 4.79 Å². The Morgan fingerprint density at radius 1 is 1.33 bits per heavy atom. The highest BCUT2D eigenvalue weighted by atomic mass is 35.5. The number of likely N-dealkylation sites (N-methyl/N-ethyl adjacent to an activating group) is 1. The van der Waals surface area contributed by atoms with E-state index in [-0.39, 0.29) is 5.91 Å². The molecule has 2 rings (SSSR count). The van der Waals surface area contributed by atoms with Gasteiger partial charge >= 0.3 is 0 Å². The lowest BCUT2D eigenvalue weighted by Gasteiger charge is -2.34. The lowest BCUT2D eigenvalue weighted by Crippen LogP contribution is -2.48. The number of carbonyl (C=O) groups is 1. The second-order valence-electron chi connectivity index (χ2n) is 4.46. The summed E-state index contributed by atoms with van der Waals surface area (Å²) in [7, 11) is 0. The number of nitrogen functional groups attached to an aromatic ring is 1. The fourth-order valence-corrected chi connectivity index (χ4v) is 2.32. The summed E-state index contributed by atoms with van der Waals surface area (Å²) in [5.41, 5.74) is 6.83. The molecule has 18 heavy (non-hydrogen) atoms. The number of hydrogen-bond donors (Lipinski definition) is 1. The molecular weight excluding hydrogens is 250 g/mol. The monoisotopic (exact) mass is 267 g/mol. The first-order chi connectivity index (χ1) is 8.61. The van der Waals surface area contributed by atoms with Crippen LogP contribution in [0.25, 0.3) is 0 Å². The zero-order valence-corrected chi connectivity index (χ0v) is 11.3. The summed E-state index contributed by atoms with van der Waals surface area (Å²) < 4.78 is 0. The van der Waals surface area contributed by atoms with Crippen LogP contribution in [0.15, 0.2) is 18.2 Å². The van der Waals surface area contributed by atoms with Gasteiger partial charge in [0, 0.05) is 36.9 Å². The van der Waals surface area contributed by atoms with Gasteiger partial charge in [-0.3, -0.25) is 4.79 Å². The summed E-state index contributed by atoms with van der Waals surface area (Å²) in [4.78, 5) is 16.5. The Labute approximate surface area is 112 Å². The van der Waals surface area contributed by atoms with Crippen molar-refractivity contribution in [1.29, 1.82) is 0 Å². The Balaban J connectivity index is 2.10. The van der Waals surface area contributed by atoms with E-state index in [1.54, 1.807) is 18.2 Å². The summed E-state index contributed by atoms with van der Waals surface area (Å²) in [6.45, 7) is 6.50. The average Bonchev–Trinajstić information content (AvgIpc) is 2.41. The molecule has 2 N–H and O–H groups in total. The minimum atomic E-state index is -0.0225. The number of anilines is 1. The number of benzene rings is 1. The van der Waals surface area contributed by atoms with Crippen LogP contribution in [0.1, 0.15) is 17.3 Å². The maximum absolute atomic E-state index is 12.3. The summed E-state index contributed by atoms with van der Waals surface area (Å²) in [6.07, 6.45) is 0. The van der Waals surface area contributed by atoms with Gasteiger partial charge in [0.2, 0.25) is 0 Å². The molecule has 1 aliphatic heterocycles. The number of rotatable bonds is 2. The van der Waals surface area contributed by atoms with Crippen molar-refractivity contribution in [2.75, 3.05) is 38.5 Å². The van der Waals surface area contributed by atoms with Crippen LogP contribution < -0.4 is 5.73 Å². The number of amides is 1. The Kier molecular flexibility index (Phi) is 4.09. The molecule has 1 saturated heterocycles. The normalized spacial score (nSPS) is 16.9. The van der Waals surface area contributed by atoms with Crippen LogP contribution >= 0.6 is 11.6 Å². The molecule has 0 aliphatic carbocycles. The topological polar surface area (TPSA) is 49.6 Å². The summed E-state index contributed by atoms with van der Waals surface area (Å²) in [5, 5.41) is 0.541. The van der Waals surface area contributed by atoms with E-state index in [2.05, 4.69) is 11.8 Å².